The first-order valence-corrected chi connectivity index (χ1v) is 6.36. The summed E-state index contributed by atoms with van der Waals surface area (Å²) in [5, 5.41) is 4.72. The molecule has 0 saturated heterocycles. The average Bonchev–Trinajstić information content (AvgIpc) is 2.70. The van der Waals surface area contributed by atoms with Crippen molar-refractivity contribution in [1.29, 1.82) is 0 Å². The van der Waals surface area contributed by atoms with Gasteiger partial charge in [-0.2, -0.15) is 4.98 Å². The van der Waals surface area contributed by atoms with E-state index in [-0.39, 0.29) is 5.41 Å². The normalized spacial score (nSPS) is 12.0. The van der Waals surface area contributed by atoms with Crippen LogP contribution < -0.4 is 5.73 Å². The lowest BCUT2D eigenvalue weighted by molar-refractivity contribution is 0.374. The molecule has 0 atom stereocenters. The molecule has 2 aromatic rings. The Morgan fingerprint density at radius 2 is 2.12 bits per heavy atom. The van der Waals surface area contributed by atoms with Gasteiger partial charge >= 0.3 is 0 Å². The maximum absolute atomic E-state index is 5.90. The smallest absolute Gasteiger partial charge is 0.260 e. The summed E-state index contributed by atoms with van der Waals surface area (Å²) in [4.78, 5) is 5.54. The third-order valence-corrected chi connectivity index (χ3v) is 3.15. The van der Waals surface area contributed by atoms with E-state index >= 15 is 0 Å². The second-order valence-electron chi connectivity index (χ2n) is 5.39. The molecule has 0 fully saturated rings. The van der Waals surface area contributed by atoms with Gasteiger partial charge in [0.15, 0.2) is 5.82 Å². The largest absolute Gasteiger partial charge is 0.390 e. The molecule has 2 N–H and O–H groups in total. The number of hydrogen-bond acceptors (Lipinski definition) is 5. The summed E-state index contributed by atoms with van der Waals surface area (Å²) in [5.41, 5.74) is 6.90. The van der Waals surface area contributed by atoms with Crippen molar-refractivity contribution < 1.29 is 4.52 Å². The first-order valence-electron chi connectivity index (χ1n) is 5.54. The predicted octanol–water partition coefficient (Wildman–Crippen LogP) is 3.28. The van der Waals surface area contributed by atoms with E-state index in [2.05, 4.69) is 30.9 Å². The maximum Gasteiger partial charge on any atom is 0.260 e. The topological polar surface area (TPSA) is 64.9 Å². The van der Waals surface area contributed by atoms with Crippen LogP contribution in [0.15, 0.2) is 10.6 Å². The Morgan fingerprint density at radius 3 is 2.65 bits per heavy atom. The van der Waals surface area contributed by atoms with Crippen LogP contribution in [0.25, 0.3) is 11.5 Å². The molecule has 92 valence electrons. The number of nitrogens with two attached hydrogens (primary N) is 1. The lowest BCUT2D eigenvalue weighted by Crippen LogP contribution is -2.10. The Kier molecular flexibility index (Phi) is 2.95. The Bertz CT molecular complexity index is 522. The zero-order valence-electron chi connectivity index (χ0n) is 10.6. The van der Waals surface area contributed by atoms with E-state index in [1.165, 1.54) is 11.3 Å². The van der Waals surface area contributed by atoms with Crippen molar-refractivity contribution >= 4 is 16.3 Å². The Labute approximate surface area is 105 Å². The minimum absolute atomic E-state index is 0.150. The fourth-order valence-electron chi connectivity index (χ4n) is 1.61. The first kappa shape index (κ1) is 12.1. The highest BCUT2D eigenvalue weighted by Crippen LogP contribution is 2.32. The summed E-state index contributed by atoms with van der Waals surface area (Å²) >= 11 is 1.54. The number of hydrogen-bond donors (Lipinski definition) is 1. The molecule has 0 saturated carbocycles. The highest BCUT2D eigenvalue weighted by atomic mass is 32.1. The molecule has 0 radical (unpaired) electrons. The minimum Gasteiger partial charge on any atom is -0.390 e. The predicted molar refractivity (Wildman–Crippen MR) is 69.9 cm³/mol. The molecule has 2 heterocycles. The highest BCUT2D eigenvalue weighted by Gasteiger charge is 2.18. The van der Waals surface area contributed by atoms with Crippen LogP contribution >= 0.6 is 11.3 Å². The van der Waals surface area contributed by atoms with Crippen molar-refractivity contribution in [3.8, 4) is 11.5 Å². The standard InChI is InChI=1S/C12H17N3OS/c1-7-5-8(10(13)17-7)11-14-9(15-16-11)6-12(2,3)4/h5H,6,13H2,1-4H3. The summed E-state index contributed by atoms with van der Waals surface area (Å²) in [6.07, 6.45) is 0.791. The van der Waals surface area contributed by atoms with Crippen molar-refractivity contribution in [1.82, 2.24) is 10.1 Å². The zero-order chi connectivity index (χ0) is 12.6. The van der Waals surface area contributed by atoms with Crippen LogP contribution in [-0.2, 0) is 6.42 Å². The highest BCUT2D eigenvalue weighted by molar-refractivity contribution is 7.16. The van der Waals surface area contributed by atoms with Crippen LogP contribution in [0.3, 0.4) is 0 Å². The van der Waals surface area contributed by atoms with Crippen LogP contribution in [0.1, 0.15) is 31.5 Å². The van der Waals surface area contributed by atoms with Gasteiger partial charge < -0.3 is 10.3 Å². The monoisotopic (exact) mass is 251 g/mol. The quantitative estimate of drug-likeness (QED) is 0.889. The van der Waals surface area contributed by atoms with Gasteiger partial charge in [-0.05, 0) is 18.4 Å². The van der Waals surface area contributed by atoms with E-state index in [1.807, 2.05) is 13.0 Å². The molecular weight excluding hydrogens is 234 g/mol. The van der Waals surface area contributed by atoms with Crippen molar-refractivity contribution in [2.45, 2.75) is 34.1 Å². The second kappa shape index (κ2) is 4.14. The fourth-order valence-corrected chi connectivity index (χ4v) is 2.39. The SMILES string of the molecule is Cc1cc(-c2nc(CC(C)(C)C)no2)c(N)s1. The molecule has 0 aliphatic rings. The number of thiophene rings is 1. The minimum atomic E-state index is 0.150. The number of aromatic nitrogens is 2. The van der Waals surface area contributed by atoms with Crippen molar-refractivity contribution in [3.05, 3.63) is 16.8 Å². The lowest BCUT2D eigenvalue weighted by atomic mass is 9.92. The van der Waals surface area contributed by atoms with Gasteiger partial charge in [0.05, 0.1) is 10.6 Å². The van der Waals surface area contributed by atoms with Gasteiger partial charge in [0, 0.05) is 11.3 Å². The van der Waals surface area contributed by atoms with Gasteiger partial charge in [-0.1, -0.05) is 25.9 Å². The second-order valence-corrected chi connectivity index (χ2v) is 6.68. The van der Waals surface area contributed by atoms with E-state index in [1.54, 1.807) is 0 Å². The van der Waals surface area contributed by atoms with E-state index < -0.39 is 0 Å². The molecule has 0 aliphatic carbocycles. The molecular formula is C12H17N3OS. The number of nitrogen functional groups attached to an aromatic ring is 1. The molecule has 2 rings (SSSR count). The molecule has 17 heavy (non-hydrogen) atoms. The van der Waals surface area contributed by atoms with Crippen molar-refractivity contribution in [2.75, 3.05) is 5.73 Å². The molecule has 0 aliphatic heterocycles. The zero-order valence-corrected chi connectivity index (χ0v) is 11.4. The van der Waals surface area contributed by atoms with Gasteiger partial charge in [-0.25, -0.2) is 0 Å². The van der Waals surface area contributed by atoms with E-state index in [4.69, 9.17) is 10.3 Å². The van der Waals surface area contributed by atoms with Crippen LogP contribution in [-0.4, -0.2) is 10.1 Å². The molecule has 0 aromatic carbocycles. The maximum atomic E-state index is 5.90. The Balaban J connectivity index is 2.27. The van der Waals surface area contributed by atoms with Gasteiger partial charge in [-0.3, -0.25) is 0 Å². The summed E-state index contributed by atoms with van der Waals surface area (Å²) in [7, 11) is 0. The molecule has 4 nitrogen and oxygen atoms in total. The molecule has 5 heteroatoms. The van der Waals surface area contributed by atoms with E-state index in [0.717, 1.165) is 27.7 Å². The summed E-state index contributed by atoms with van der Waals surface area (Å²) < 4.78 is 5.26. The fraction of sp³-hybridized carbons (Fsp3) is 0.500. The van der Waals surface area contributed by atoms with Gasteiger partial charge in [-0.15, -0.1) is 11.3 Å². The molecule has 0 amide bonds. The van der Waals surface area contributed by atoms with Crippen molar-refractivity contribution in [3.63, 3.8) is 0 Å². The Hall–Kier alpha value is -1.36. The van der Waals surface area contributed by atoms with Gasteiger partial charge in [0.2, 0.25) is 0 Å². The number of nitrogens with zero attached hydrogens (tertiary/aromatic N) is 2. The van der Waals surface area contributed by atoms with Gasteiger partial charge in [0.25, 0.3) is 5.89 Å². The first-order chi connectivity index (χ1) is 7.85. The molecule has 0 spiro atoms. The van der Waals surface area contributed by atoms with Crippen LogP contribution in [0, 0.1) is 12.3 Å². The molecule has 0 unspecified atom stereocenters. The summed E-state index contributed by atoms with van der Waals surface area (Å²) in [6.45, 7) is 8.45. The molecule has 2 aromatic heterocycles. The lowest BCUT2D eigenvalue weighted by Gasteiger charge is -2.14. The summed E-state index contributed by atoms with van der Waals surface area (Å²) in [6, 6.07) is 1.98. The Morgan fingerprint density at radius 1 is 1.41 bits per heavy atom. The van der Waals surface area contributed by atoms with Gasteiger partial charge in [0.1, 0.15) is 0 Å². The molecule has 0 bridgehead atoms. The van der Waals surface area contributed by atoms with E-state index in [9.17, 15) is 0 Å². The number of aryl methyl sites for hydroxylation is 1. The van der Waals surface area contributed by atoms with Crippen LogP contribution in [0.5, 0.6) is 0 Å². The number of rotatable bonds is 2. The number of anilines is 1. The van der Waals surface area contributed by atoms with E-state index in [0.29, 0.717) is 5.89 Å². The van der Waals surface area contributed by atoms with Crippen LogP contribution in [0.2, 0.25) is 0 Å². The summed E-state index contributed by atoms with van der Waals surface area (Å²) in [5.74, 6) is 1.25. The van der Waals surface area contributed by atoms with Crippen molar-refractivity contribution in [2.24, 2.45) is 5.41 Å². The third-order valence-electron chi connectivity index (χ3n) is 2.27. The average molecular weight is 251 g/mol. The van der Waals surface area contributed by atoms with Crippen LogP contribution in [0.4, 0.5) is 5.00 Å². The third kappa shape index (κ3) is 2.85.